The molecule has 1 N–H and O–H groups in total. The number of rotatable bonds is 8. The van der Waals surface area contributed by atoms with Gasteiger partial charge >= 0.3 is 0 Å². The van der Waals surface area contributed by atoms with Gasteiger partial charge in [0.25, 0.3) is 0 Å². The smallest absolute Gasteiger partial charge is 0.243 e. The van der Waals surface area contributed by atoms with Crippen molar-refractivity contribution < 1.29 is 22.7 Å². The van der Waals surface area contributed by atoms with Gasteiger partial charge in [0, 0.05) is 23.0 Å². The van der Waals surface area contributed by atoms with E-state index in [1.54, 1.807) is 18.2 Å². The quantitative estimate of drug-likeness (QED) is 0.572. The van der Waals surface area contributed by atoms with Crippen LogP contribution in [0, 0.1) is 0 Å². The van der Waals surface area contributed by atoms with Crippen molar-refractivity contribution >= 4 is 45.0 Å². The highest BCUT2D eigenvalue weighted by atomic mass is 35.5. The molecule has 1 saturated heterocycles. The Kier molecular flexibility index (Phi) is 8.23. The fraction of sp³-hybridized carbons (Fsp3) is 0.381. The Morgan fingerprint density at radius 1 is 1.23 bits per heavy atom. The van der Waals surface area contributed by atoms with E-state index in [-0.39, 0.29) is 16.1 Å². The van der Waals surface area contributed by atoms with Crippen LogP contribution in [0.4, 0.5) is 5.69 Å². The maximum absolute atomic E-state index is 13.0. The number of amides is 1. The molecule has 2 aromatic carbocycles. The number of halogens is 1. The summed E-state index contributed by atoms with van der Waals surface area (Å²) in [6.07, 6.45) is 0.590. The number of sulfonamides is 1. The average molecular weight is 485 g/mol. The van der Waals surface area contributed by atoms with Gasteiger partial charge in [-0.25, -0.2) is 8.42 Å². The standard InChI is InChI=1S/C21H25ClN2O5S2/c1-3-20(30-16-6-4-15(22)5-7-16)21(25)23-18-14-17(8-9-19(18)28-2)31(26,27)24-10-12-29-13-11-24/h4-9,14,20H,3,10-13H2,1-2H3,(H,23,25)/t20-/m1/s1. The highest BCUT2D eigenvalue weighted by Crippen LogP contribution is 2.32. The lowest BCUT2D eigenvalue weighted by Gasteiger charge is -2.26. The van der Waals surface area contributed by atoms with Crippen molar-refractivity contribution in [2.75, 3.05) is 38.7 Å². The Morgan fingerprint density at radius 3 is 2.52 bits per heavy atom. The Balaban J connectivity index is 1.81. The van der Waals surface area contributed by atoms with Crippen molar-refractivity contribution in [3.63, 3.8) is 0 Å². The summed E-state index contributed by atoms with van der Waals surface area (Å²) in [6.45, 7) is 3.24. The van der Waals surface area contributed by atoms with Crippen LogP contribution in [-0.4, -0.2) is 57.3 Å². The molecule has 0 radical (unpaired) electrons. The van der Waals surface area contributed by atoms with E-state index in [0.29, 0.717) is 49.2 Å². The summed E-state index contributed by atoms with van der Waals surface area (Å²) in [5.74, 6) is 0.155. The molecule has 31 heavy (non-hydrogen) atoms. The molecule has 7 nitrogen and oxygen atoms in total. The van der Waals surface area contributed by atoms with Crippen molar-refractivity contribution in [3.8, 4) is 5.75 Å². The van der Waals surface area contributed by atoms with E-state index in [1.807, 2.05) is 19.1 Å². The first-order chi connectivity index (χ1) is 14.8. The number of benzene rings is 2. The zero-order chi connectivity index (χ0) is 22.4. The maximum Gasteiger partial charge on any atom is 0.243 e. The molecule has 1 amide bonds. The van der Waals surface area contributed by atoms with Gasteiger partial charge in [0.1, 0.15) is 5.75 Å². The molecule has 10 heteroatoms. The molecule has 1 aliphatic heterocycles. The molecule has 2 aromatic rings. The second-order valence-electron chi connectivity index (χ2n) is 6.84. The van der Waals surface area contributed by atoms with Crippen molar-refractivity contribution in [2.45, 2.75) is 28.4 Å². The molecule has 1 atom stereocenters. The highest BCUT2D eigenvalue weighted by molar-refractivity contribution is 8.00. The molecule has 168 valence electrons. The fourth-order valence-corrected chi connectivity index (χ4v) is 5.61. The van der Waals surface area contributed by atoms with Gasteiger partial charge in [-0.2, -0.15) is 4.31 Å². The number of hydrogen-bond donors (Lipinski definition) is 1. The van der Waals surface area contributed by atoms with E-state index in [4.69, 9.17) is 21.1 Å². The Labute approximate surface area is 192 Å². The Hall–Kier alpha value is -1.78. The number of nitrogens with one attached hydrogen (secondary N) is 1. The van der Waals surface area contributed by atoms with Crippen LogP contribution in [0.5, 0.6) is 5.75 Å². The summed E-state index contributed by atoms with van der Waals surface area (Å²) in [6, 6.07) is 11.8. The summed E-state index contributed by atoms with van der Waals surface area (Å²) >= 11 is 7.35. The minimum absolute atomic E-state index is 0.101. The molecule has 0 aromatic heterocycles. The predicted molar refractivity (Wildman–Crippen MR) is 123 cm³/mol. The van der Waals surface area contributed by atoms with Gasteiger partial charge in [0.2, 0.25) is 15.9 Å². The molecule has 3 rings (SSSR count). The molecule has 0 bridgehead atoms. The lowest BCUT2D eigenvalue weighted by molar-refractivity contribution is -0.115. The lowest BCUT2D eigenvalue weighted by atomic mass is 10.2. The largest absolute Gasteiger partial charge is 0.495 e. The van der Waals surface area contributed by atoms with Gasteiger partial charge in [-0.3, -0.25) is 4.79 Å². The molecule has 1 fully saturated rings. The Bertz CT molecular complexity index is 1010. The van der Waals surface area contributed by atoms with E-state index in [2.05, 4.69) is 5.32 Å². The summed E-state index contributed by atoms with van der Waals surface area (Å²) in [5, 5.41) is 3.10. The third-order valence-electron chi connectivity index (χ3n) is 4.79. The number of hydrogen-bond acceptors (Lipinski definition) is 6. The van der Waals surface area contributed by atoms with Crippen LogP contribution < -0.4 is 10.1 Å². The SMILES string of the molecule is CC[C@@H](Sc1ccc(Cl)cc1)C(=O)Nc1cc(S(=O)(=O)N2CCOCC2)ccc1OC. The minimum Gasteiger partial charge on any atom is -0.495 e. The third-order valence-corrected chi connectivity index (χ3v) is 8.31. The summed E-state index contributed by atoms with van der Waals surface area (Å²) < 4.78 is 37.9. The fourth-order valence-electron chi connectivity index (χ4n) is 3.09. The molecule has 1 aliphatic rings. The van der Waals surface area contributed by atoms with Gasteiger partial charge < -0.3 is 14.8 Å². The molecule has 0 spiro atoms. The highest BCUT2D eigenvalue weighted by Gasteiger charge is 2.28. The van der Waals surface area contributed by atoms with Crippen molar-refractivity contribution in [1.29, 1.82) is 0 Å². The van der Waals surface area contributed by atoms with E-state index >= 15 is 0 Å². The third kappa shape index (κ3) is 5.93. The average Bonchev–Trinajstić information content (AvgIpc) is 2.79. The summed E-state index contributed by atoms with van der Waals surface area (Å²) in [4.78, 5) is 14.0. The number of nitrogens with zero attached hydrogens (tertiary/aromatic N) is 1. The minimum atomic E-state index is -3.69. The summed E-state index contributed by atoms with van der Waals surface area (Å²) in [7, 11) is -2.22. The van der Waals surface area contributed by atoms with Crippen LogP contribution >= 0.6 is 23.4 Å². The second-order valence-corrected chi connectivity index (χ2v) is 10.5. The molecular weight excluding hydrogens is 460 g/mol. The molecule has 0 unspecified atom stereocenters. The maximum atomic E-state index is 13.0. The number of carbonyl (C=O) groups excluding carboxylic acids is 1. The molecular formula is C21H25ClN2O5S2. The second kappa shape index (κ2) is 10.7. The first kappa shape index (κ1) is 23.9. The van der Waals surface area contributed by atoms with Crippen LogP contribution in [0.25, 0.3) is 0 Å². The van der Waals surface area contributed by atoms with Crippen LogP contribution in [0.3, 0.4) is 0 Å². The zero-order valence-corrected chi connectivity index (χ0v) is 19.7. The number of thioether (sulfide) groups is 1. The van der Waals surface area contributed by atoms with Crippen molar-refractivity contribution in [3.05, 3.63) is 47.5 Å². The van der Waals surface area contributed by atoms with E-state index < -0.39 is 10.0 Å². The molecule has 0 saturated carbocycles. The van der Waals surface area contributed by atoms with Gasteiger partial charge in [-0.1, -0.05) is 18.5 Å². The normalized spacial score (nSPS) is 16.0. The van der Waals surface area contributed by atoms with Gasteiger partial charge in [-0.15, -0.1) is 11.8 Å². The van der Waals surface area contributed by atoms with Crippen LogP contribution in [0.2, 0.25) is 5.02 Å². The van der Waals surface area contributed by atoms with Gasteiger partial charge in [0.05, 0.1) is 36.2 Å². The van der Waals surface area contributed by atoms with Gasteiger partial charge in [0.15, 0.2) is 0 Å². The number of carbonyl (C=O) groups is 1. The van der Waals surface area contributed by atoms with Crippen molar-refractivity contribution in [2.24, 2.45) is 0 Å². The molecule has 0 aliphatic carbocycles. The lowest BCUT2D eigenvalue weighted by Crippen LogP contribution is -2.40. The topological polar surface area (TPSA) is 84.9 Å². The number of methoxy groups -OCH3 is 1. The van der Waals surface area contributed by atoms with E-state index in [9.17, 15) is 13.2 Å². The number of morpholine rings is 1. The monoisotopic (exact) mass is 484 g/mol. The van der Waals surface area contributed by atoms with Crippen molar-refractivity contribution in [1.82, 2.24) is 4.31 Å². The first-order valence-electron chi connectivity index (χ1n) is 9.84. The van der Waals surface area contributed by atoms with E-state index in [0.717, 1.165) is 4.90 Å². The Morgan fingerprint density at radius 2 is 1.90 bits per heavy atom. The van der Waals surface area contributed by atoms with Crippen LogP contribution in [0.15, 0.2) is 52.3 Å². The zero-order valence-electron chi connectivity index (χ0n) is 17.3. The van der Waals surface area contributed by atoms with Crippen LogP contribution in [-0.2, 0) is 19.6 Å². The van der Waals surface area contributed by atoms with Crippen LogP contribution in [0.1, 0.15) is 13.3 Å². The van der Waals surface area contributed by atoms with E-state index in [1.165, 1.54) is 35.3 Å². The number of ether oxygens (including phenoxy) is 2. The summed E-state index contributed by atoms with van der Waals surface area (Å²) in [5.41, 5.74) is 0.317. The van der Waals surface area contributed by atoms with Gasteiger partial charge in [-0.05, 0) is 48.9 Å². The molecule has 1 heterocycles. The first-order valence-corrected chi connectivity index (χ1v) is 12.5. The predicted octanol–water partition coefficient (Wildman–Crippen LogP) is 3.88. The number of anilines is 1.